The minimum Gasteiger partial charge on any atom is -0.337 e. The van der Waals surface area contributed by atoms with Crippen LogP contribution in [0.2, 0.25) is 0 Å². The fourth-order valence-corrected chi connectivity index (χ4v) is 4.52. The van der Waals surface area contributed by atoms with Crippen molar-refractivity contribution >= 4 is 17.7 Å². The molecule has 1 aromatic heterocycles. The number of benzene rings is 1. The molecule has 0 unspecified atom stereocenters. The van der Waals surface area contributed by atoms with E-state index in [0.717, 1.165) is 18.5 Å². The molecule has 1 heterocycles. The highest BCUT2D eigenvalue weighted by Gasteiger charge is 2.27. The van der Waals surface area contributed by atoms with Crippen LogP contribution in [-0.2, 0) is 4.79 Å². The molecule has 1 aliphatic carbocycles. The van der Waals surface area contributed by atoms with E-state index in [1.54, 1.807) is 4.68 Å². The molecular formula is C20H29N5OS. The average Bonchev–Trinajstić information content (AvgIpc) is 3.11. The van der Waals surface area contributed by atoms with E-state index in [0.29, 0.717) is 17.0 Å². The summed E-state index contributed by atoms with van der Waals surface area (Å²) in [5.74, 6) is 0.538. The Labute approximate surface area is 165 Å². The molecule has 1 amide bonds. The standard InChI is InChI=1S/C20H29N5OS/c1-14(2)24(17-8-6-5-7-9-17)19(26)13-27-20-21-22-23-25(20)18-11-10-15(3)16(4)12-18/h10-12,14,17H,5-9,13H2,1-4H3. The maximum atomic E-state index is 13.0. The highest BCUT2D eigenvalue weighted by Crippen LogP contribution is 2.26. The number of rotatable bonds is 6. The number of hydrogen-bond donors (Lipinski definition) is 0. The highest BCUT2D eigenvalue weighted by molar-refractivity contribution is 7.99. The summed E-state index contributed by atoms with van der Waals surface area (Å²) in [6.45, 7) is 8.37. The number of nitrogens with zero attached hydrogens (tertiary/aromatic N) is 5. The summed E-state index contributed by atoms with van der Waals surface area (Å²) in [6, 6.07) is 6.74. The van der Waals surface area contributed by atoms with Crippen LogP contribution in [-0.4, -0.2) is 48.9 Å². The van der Waals surface area contributed by atoms with E-state index in [1.165, 1.54) is 42.2 Å². The van der Waals surface area contributed by atoms with Crippen LogP contribution in [0, 0.1) is 13.8 Å². The zero-order chi connectivity index (χ0) is 19.4. The third-order valence-corrected chi connectivity index (χ3v) is 6.22. The summed E-state index contributed by atoms with van der Waals surface area (Å²) in [6.07, 6.45) is 5.97. The van der Waals surface area contributed by atoms with Crippen molar-refractivity contribution in [1.29, 1.82) is 0 Å². The van der Waals surface area contributed by atoms with Crippen LogP contribution in [0.15, 0.2) is 23.4 Å². The third-order valence-electron chi connectivity index (χ3n) is 5.31. The summed E-state index contributed by atoms with van der Waals surface area (Å²) in [5.41, 5.74) is 3.35. The number of thioether (sulfide) groups is 1. The predicted octanol–water partition coefficient (Wildman–Crippen LogP) is 3.94. The quantitative estimate of drug-likeness (QED) is 0.703. The van der Waals surface area contributed by atoms with Crippen LogP contribution in [0.1, 0.15) is 57.1 Å². The normalized spacial score (nSPS) is 15.3. The van der Waals surface area contributed by atoms with E-state index in [4.69, 9.17) is 0 Å². The van der Waals surface area contributed by atoms with Gasteiger partial charge in [-0.2, -0.15) is 4.68 Å². The Morgan fingerprint density at radius 2 is 1.96 bits per heavy atom. The molecule has 0 bridgehead atoms. The molecule has 1 aromatic carbocycles. The van der Waals surface area contributed by atoms with E-state index in [2.05, 4.69) is 60.3 Å². The van der Waals surface area contributed by atoms with Gasteiger partial charge >= 0.3 is 0 Å². The first kappa shape index (κ1) is 19.9. The minimum absolute atomic E-state index is 0.177. The van der Waals surface area contributed by atoms with E-state index in [-0.39, 0.29) is 11.9 Å². The van der Waals surface area contributed by atoms with Crippen molar-refractivity contribution in [2.45, 2.75) is 77.0 Å². The fourth-order valence-electron chi connectivity index (χ4n) is 3.76. The monoisotopic (exact) mass is 387 g/mol. The molecule has 1 aliphatic rings. The number of carbonyl (C=O) groups excluding carboxylic acids is 1. The van der Waals surface area contributed by atoms with Gasteiger partial charge in [0, 0.05) is 12.1 Å². The second-order valence-corrected chi connectivity index (χ2v) is 8.56. The Morgan fingerprint density at radius 3 is 2.63 bits per heavy atom. The van der Waals surface area contributed by atoms with Crippen LogP contribution in [0.4, 0.5) is 0 Å². The molecule has 1 fully saturated rings. The Morgan fingerprint density at radius 1 is 1.22 bits per heavy atom. The first-order valence-corrected chi connectivity index (χ1v) is 10.8. The van der Waals surface area contributed by atoms with E-state index in [1.807, 2.05) is 6.07 Å². The molecule has 3 rings (SSSR count). The van der Waals surface area contributed by atoms with Gasteiger partial charge in [-0.05, 0) is 74.2 Å². The summed E-state index contributed by atoms with van der Waals surface area (Å²) < 4.78 is 1.71. The average molecular weight is 388 g/mol. The van der Waals surface area contributed by atoms with E-state index < -0.39 is 0 Å². The van der Waals surface area contributed by atoms with Gasteiger partial charge in [0.25, 0.3) is 0 Å². The van der Waals surface area contributed by atoms with Gasteiger partial charge in [-0.15, -0.1) is 5.10 Å². The van der Waals surface area contributed by atoms with Gasteiger partial charge in [-0.3, -0.25) is 4.79 Å². The van der Waals surface area contributed by atoms with Crippen molar-refractivity contribution in [2.75, 3.05) is 5.75 Å². The molecule has 7 heteroatoms. The Hall–Kier alpha value is -1.89. The number of hydrogen-bond acceptors (Lipinski definition) is 5. The molecular weight excluding hydrogens is 358 g/mol. The zero-order valence-corrected chi connectivity index (χ0v) is 17.5. The minimum atomic E-state index is 0.177. The van der Waals surface area contributed by atoms with Gasteiger partial charge in [0.1, 0.15) is 0 Å². The highest BCUT2D eigenvalue weighted by atomic mass is 32.2. The van der Waals surface area contributed by atoms with E-state index in [9.17, 15) is 4.79 Å². The van der Waals surface area contributed by atoms with Crippen LogP contribution >= 0.6 is 11.8 Å². The predicted molar refractivity (Wildman–Crippen MR) is 108 cm³/mol. The van der Waals surface area contributed by atoms with Gasteiger partial charge in [0.05, 0.1) is 11.4 Å². The Bertz CT molecular complexity index is 782. The maximum Gasteiger partial charge on any atom is 0.233 e. The second kappa shape index (κ2) is 8.87. The zero-order valence-electron chi connectivity index (χ0n) is 16.7. The number of carbonyl (C=O) groups is 1. The lowest BCUT2D eigenvalue weighted by Crippen LogP contribution is -2.46. The number of tetrazole rings is 1. The number of aryl methyl sites for hydroxylation is 2. The van der Waals surface area contributed by atoms with Crippen molar-refractivity contribution in [3.63, 3.8) is 0 Å². The Balaban J connectivity index is 1.70. The smallest absolute Gasteiger partial charge is 0.233 e. The molecule has 1 saturated carbocycles. The summed E-state index contributed by atoms with van der Waals surface area (Å²) >= 11 is 1.41. The molecule has 2 aromatic rings. The molecule has 0 spiro atoms. The lowest BCUT2D eigenvalue weighted by Gasteiger charge is -2.37. The molecule has 6 nitrogen and oxygen atoms in total. The van der Waals surface area contributed by atoms with Crippen LogP contribution in [0.3, 0.4) is 0 Å². The largest absolute Gasteiger partial charge is 0.337 e. The maximum absolute atomic E-state index is 13.0. The van der Waals surface area contributed by atoms with Crippen molar-refractivity contribution in [1.82, 2.24) is 25.1 Å². The lowest BCUT2D eigenvalue weighted by molar-refractivity contribution is -0.133. The van der Waals surface area contributed by atoms with Gasteiger partial charge in [0.15, 0.2) is 0 Å². The van der Waals surface area contributed by atoms with Crippen molar-refractivity contribution in [2.24, 2.45) is 0 Å². The number of amides is 1. The Kier molecular flexibility index (Phi) is 6.52. The summed E-state index contributed by atoms with van der Waals surface area (Å²) in [7, 11) is 0. The van der Waals surface area contributed by atoms with Gasteiger partial charge < -0.3 is 4.90 Å². The van der Waals surface area contributed by atoms with Gasteiger partial charge in [0.2, 0.25) is 11.1 Å². The van der Waals surface area contributed by atoms with Crippen LogP contribution in [0.25, 0.3) is 5.69 Å². The number of aromatic nitrogens is 4. The molecule has 0 N–H and O–H groups in total. The van der Waals surface area contributed by atoms with Crippen molar-refractivity contribution < 1.29 is 4.79 Å². The molecule has 27 heavy (non-hydrogen) atoms. The molecule has 0 radical (unpaired) electrons. The first-order valence-electron chi connectivity index (χ1n) is 9.77. The fraction of sp³-hybridized carbons (Fsp3) is 0.600. The topological polar surface area (TPSA) is 63.9 Å². The third kappa shape index (κ3) is 4.69. The summed E-state index contributed by atoms with van der Waals surface area (Å²) in [5, 5.41) is 12.7. The van der Waals surface area contributed by atoms with Crippen LogP contribution in [0.5, 0.6) is 0 Å². The SMILES string of the molecule is Cc1ccc(-n2nnnc2SCC(=O)N(C(C)C)C2CCCCC2)cc1C. The summed E-state index contributed by atoms with van der Waals surface area (Å²) in [4.78, 5) is 15.0. The second-order valence-electron chi connectivity index (χ2n) is 7.62. The first-order chi connectivity index (χ1) is 13.0. The van der Waals surface area contributed by atoms with Crippen molar-refractivity contribution in [3.8, 4) is 5.69 Å². The molecule has 0 saturated heterocycles. The lowest BCUT2D eigenvalue weighted by atomic mass is 9.93. The van der Waals surface area contributed by atoms with Crippen LogP contribution < -0.4 is 0 Å². The molecule has 0 atom stereocenters. The molecule has 0 aliphatic heterocycles. The van der Waals surface area contributed by atoms with Gasteiger partial charge in [-0.1, -0.05) is 37.1 Å². The molecule has 146 valence electrons. The van der Waals surface area contributed by atoms with Crippen molar-refractivity contribution in [3.05, 3.63) is 29.3 Å². The van der Waals surface area contributed by atoms with E-state index >= 15 is 0 Å². The van der Waals surface area contributed by atoms with Gasteiger partial charge in [-0.25, -0.2) is 0 Å².